The van der Waals surface area contributed by atoms with Crippen molar-refractivity contribution >= 4 is 5.91 Å². The zero-order valence-electron chi connectivity index (χ0n) is 18.5. The van der Waals surface area contributed by atoms with Crippen LogP contribution < -0.4 is 21.3 Å². The molecule has 0 fully saturated rings. The summed E-state index contributed by atoms with van der Waals surface area (Å²) in [5.41, 5.74) is 1.08. The molecule has 10 heteroatoms. The van der Waals surface area contributed by atoms with E-state index in [1.54, 1.807) is 19.2 Å². The van der Waals surface area contributed by atoms with Gasteiger partial charge in [-0.1, -0.05) is 36.4 Å². The molecule has 4 N–H and O–H groups in total. The van der Waals surface area contributed by atoms with Crippen molar-refractivity contribution in [2.24, 2.45) is 0 Å². The average molecular weight is 461 g/mol. The quantitative estimate of drug-likeness (QED) is 0.332. The minimum atomic E-state index is -1.05. The highest BCUT2D eigenvalue weighted by atomic mass is 16.5. The normalized spacial score (nSPS) is 11.7. The van der Waals surface area contributed by atoms with Gasteiger partial charge in [0, 0.05) is 17.3 Å². The number of carbonyl (C=O) groups is 1. The lowest BCUT2D eigenvalue weighted by Gasteiger charge is -2.18. The second kappa shape index (κ2) is 9.49. The van der Waals surface area contributed by atoms with E-state index >= 15 is 0 Å². The number of aromatic amines is 2. The highest BCUT2D eigenvalue weighted by molar-refractivity contribution is 5.94. The van der Waals surface area contributed by atoms with Crippen LogP contribution in [0.25, 0.3) is 11.1 Å². The first-order valence-electron chi connectivity index (χ1n) is 10.5. The molecule has 2 aromatic heterocycles. The van der Waals surface area contributed by atoms with Crippen LogP contribution in [0.15, 0.2) is 70.5 Å². The number of carbonyl (C=O) groups excluding carboxylic acids is 1. The van der Waals surface area contributed by atoms with Gasteiger partial charge >= 0.3 is 5.69 Å². The third-order valence-corrected chi connectivity index (χ3v) is 5.34. The molecule has 0 bridgehead atoms. The molecule has 0 saturated heterocycles. The van der Waals surface area contributed by atoms with E-state index in [2.05, 4.69) is 15.4 Å². The molecule has 34 heavy (non-hydrogen) atoms. The molecule has 0 aliphatic heterocycles. The van der Waals surface area contributed by atoms with Gasteiger partial charge in [-0.3, -0.25) is 24.2 Å². The van der Waals surface area contributed by atoms with Crippen molar-refractivity contribution in [1.82, 2.24) is 25.1 Å². The number of nitrogens with zero attached hydrogens (tertiary/aromatic N) is 2. The Morgan fingerprint density at radius 1 is 1.15 bits per heavy atom. The van der Waals surface area contributed by atoms with Crippen LogP contribution >= 0.6 is 0 Å². The molecule has 1 amide bonds. The highest BCUT2D eigenvalue weighted by Gasteiger charge is 2.21. The second-order valence-electron chi connectivity index (χ2n) is 7.70. The lowest BCUT2D eigenvalue weighted by Crippen LogP contribution is -2.33. The number of methoxy groups -OCH3 is 1. The van der Waals surface area contributed by atoms with E-state index < -0.39 is 34.6 Å². The molecule has 2 aromatic carbocycles. The van der Waals surface area contributed by atoms with Gasteiger partial charge in [-0.05, 0) is 30.2 Å². The summed E-state index contributed by atoms with van der Waals surface area (Å²) in [4.78, 5) is 39.8. The molecule has 4 rings (SSSR count). The van der Waals surface area contributed by atoms with Crippen molar-refractivity contribution in [3.8, 4) is 22.6 Å². The molecular weight excluding hydrogens is 438 g/mol. The fraction of sp³-hybridized carbons (Fsp3) is 0.167. The van der Waals surface area contributed by atoms with Gasteiger partial charge in [0.2, 0.25) is 5.75 Å². The van der Waals surface area contributed by atoms with E-state index in [-0.39, 0.29) is 0 Å². The van der Waals surface area contributed by atoms with E-state index in [0.29, 0.717) is 17.9 Å². The Hall–Kier alpha value is -4.60. The predicted molar refractivity (Wildman–Crippen MR) is 125 cm³/mol. The number of rotatable bonds is 7. The fourth-order valence-corrected chi connectivity index (χ4v) is 3.61. The third-order valence-electron chi connectivity index (χ3n) is 5.34. The minimum Gasteiger partial charge on any atom is -0.501 e. The van der Waals surface area contributed by atoms with Crippen molar-refractivity contribution in [3.63, 3.8) is 0 Å². The molecule has 174 valence electrons. The first-order chi connectivity index (χ1) is 16.4. The molecule has 0 radical (unpaired) electrons. The van der Waals surface area contributed by atoms with Gasteiger partial charge in [0.15, 0.2) is 5.69 Å². The zero-order valence-corrected chi connectivity index (χ0v) is 18.5. The Balaban J connectivity index is 1.59. The summed E-state index contributed by atoms with van der Waals surface area (Å²) in [6, 6.07) is 14.9. The van der Waals surface area contributed by atoms with Crippen molar-refractivity contribution in [1.29, 1.82) is 0 Å². The Morgan fingerprint density at radius 3 is 2.65 bits per heavy atom. The van der Waals surface area contributed by atoms with Crippen molar-refractivity contribution in [3.05, 3.63) is 98.6 Å². The molecule has 10 nitrogen and oxygen atoms in total. The van der Waals surface area contributed by atoms with Gasteiger partial charge < -0.3 is 15.2 Å². The van der Waals surface area contributed by atoms with Gasteiger partial charge in [-0.2, -0.15) is 5.10 Å². The monoisotopic (exact) mass is 461 g/mol. The largest absolute Gasteiger partial charge is 0.501 e. The Labute approximate surface area is 193 Å². The predicted octanol–water partition coefficient (Wildman–Crippen LogP) is 2.18. The number of hydrogen-bond donors (Lipinski definition) is 4. The number of hydrogen-bond acceptors (Lipinski definition) is 6. The molecule has 0 saturated carbocycles. The summed E-state index contributed by atoms with van der Waals surface area (Å²) in [6.07, 6.45) is 3.69. The van der Waals surface area contributed by atoms with Crippen LogP contribution in [0, 0.1) is 0 Å². The van der Waals surface area contributed by atoms with Crippen LogP contribution in [-0.4, -0.2) is 37.9 Å². The number of nitrogens with one attached hydrogen (secondary N) is 3. The molecule has 4 aromatic rings. The molecule has 0 spiro atoms. The summed E-state index contributed by atoms with van der Waals surface area (Å²) in [7, 11) is 1.52. The van der Waals surface area contributed by atoms with Crippen molar-refractivity contribution < 1.29 is 14.6 Å². The Kier molecular flexibility index (Phi) is 6.30. The lowest BCUT2D eigenvalue weighted by molar-refractivity contribution is 0.0930. The van der Waals surface area contributed by atoms with Gasteiger partial charge in [-0.15, -0.1) is 0 Å². The maximum absolute atomic E-state index is 12.6. The van der Waals surface area contributed by atoms with Crippen LogP contribution in [0.4, 0.5) is 0 Å². The summed E-state index contributed by atoms with van der Waals surface area (Å²) >= 11 is 0. The lowest BCUT2D eigenvalue weighted by atomic mass is 10.0. The van der Waals surface area contributed by atoms with Crippen molar-refractivity contribution in [2.75, 3.05) is 7.11 Å². The van der Waals surface area contributed by atoms with Crippen LogP contribution in [0.3, 0.4) is 0 Å². The number of benzene rings is 2. The van der Waals surface area contributed by atoms with Gasteiger partial charge in [0.05, 0.1) is 25.9 Å². The van der Waals surface area contributed by atoms with Crippen LogP contribution in [0.1, 0.15) is 34.6 Å². The van der Waals surface area contributed by atoms with E-state index in [1.807, 2.05) is 58.3 Å². The maximum atomic E-state index is 12.6. The van der Waals surface area contributed by atoms with E-state index in [9.17, 15) is 19.5 Å². The molecule has 0 aliphatic rings. The summed E-state index contributed by atoms with van der Waals surface area (Å²) in [5, 5.41) is 17.0. The SMILES string of the molecule is COc1ccc(-c2cnn(Cc3ccccc3)c2)cc1C(C)NC(=O)c1[nH]c(=O)[nH]c(=O)c1O. The maximum Gasteiger partial charge on any atom is 0.326 e. The van der Waals surface area contributed by atoms with Crippen LogP contribution in [-0.2, 0) is 6.54 Å². The average Bonchev–Trinajstić information content (AvgIpc) is 3.29. The molecule has 1 atom stereocenters. The number of ether oxygens (including phenoxy) is 1. The molecule has 0 aliphatic carbocycles. The van der Waals surface area contributed by atoms with E-state index in [0.717, 1.165) is 16.7 Å². The first kappa shape index (κ1) is 22.6. The number of aromatic nitrogens is 4. The topological polar surface area (TPSA) is 142 Å². The van der Waals surface area contributed by atoms with E-state index in [1.165, 1.54) is 7.11 Å². The number of amides is 1. The summed E-state index contributed by atoms with van der Waals surface area (Å²) < 4.78 is 7.30. The van der Waals surface area contributed by atoms with Crippen LogP contribution in [0.5, 0.6) is 11.5 Å². The Bertz CT molecular complexity index is 1440. The third kappa shape index (κ3) is 4.75. The van der Waals surface area contributed by atoms with Crippen molar-refractivity contribution in [2.45, 2.75) is 19.5 Å². The highest BCUT2D eigenvalue weighted by Crippen LogP contribution is 2.31. The Morgan fingerprint density at radius 2 is 1.91 bits per heavy atom. The molecule has 1 unspecified atom stereocenters. The van der Waals surface area contributed by atoms with Gasteiger partial charge in [0.25, 0.3) is 11.5 Å². The molecular formula is C24H23N5O5. The zero-order chi connectivity index (χ0) is 24.2. The standard InChI is InChI=1S/C24H23N5O5/c1-14(26-22(31)20-21(30)23(32)28-24(33)27-20)18-10-16(8-9-19(18)34-2)17-11-25-29(13-17)12-15-6-4-3-5-7-15/h3-11,13-14,30H,12H2,1-2H3,(H,26,31)(H2,27,28,32,33). The summed E-state index contributed by atoms with van der Waals surface area (Å²) in [5.74, 6) is -1.14. The number of aromatic hydroxyl groups is 1. The smallest absolute Gasteiger partial charge is 0.326 e. The second-order valence-corrected chi connectivity index (χ2v) is 7.70. The molecule has 2 heterocycles. The fourth-order valence-electron chi connectivity index (χ4n) is 3.61. The summed E-state index contributed by atoms with van der Waals surface area (Å²) in [6.45, 7) is 2.36. The van der Waals surface area contributed by atoms with E-state index in [4.69, 9.17) is 4.74 Å². The first-order valence-corrected chi connectivity index (χ1v) is 10.5. The number of H-pyrrole nitrogens is 2. The minimum absolute atomic E-state index is 0.516. The van der Waals surface area contributed by atoms with Gasteiger partial charge in [0.1, 0.15) is 5.75 Å². The van der Waals surface area contributed by atoms with Gasteiger partial charge in [-0.25, -0.2) is 4.79 Å². The van der Waals surface area contributed by atoms with Crippen LogP contribution in [0.2, 0.25) is 0 Å².